The van der Waals surface area contributed by atoms with E-state index in [-0.39, 0.29) is 27.0 Å². The molecular formula is C21H28O3S. The fourth-order valence-electron chi connectivity index (χ4n) is 6.61. The predicted octanol–water partition coefficient (Wildman–Crippen LogP) is 4.35. The number of carbonyl (C=O) groups excluding carboxylic acids is 3. The monoisotopic (exact) mass is 360 g/mol. The number of hydrogen-bond acceptors (Lipinski definition) is 4. The molecule has 3 saturated carbocycles. The van der Waals surface area contributed by atoms with Crippen molar-refractivity contribution in [2.45, 2.75) is 71.0 Å². The number of thioether (sulfide) groups is 1. The van der Waals surface area contributed by atoms with Crippen molar-refractivity contribution in [1.82, 2.24) is 0 Å². The third-order valence-corrected chi connectivity index (χ3v) is 9.10. The van der Waals surface area contributed by atoms with Crippen molar-refractivity contribution >= 4 is 28.4 Å². The molecule has 0 heterocycles. The first-order valence-electron chi connectivity index (χ1n) is 9.70. The van der Waals surface area contributed by atoms with E-state index in [1.54, 1.807) is 6.92 Å². The number of Topliss-reactive ketones (excluding diaryl/α,β-unsaturated/α-hetero) is 1. The van der Waals surface area contributed by atoms with Crippen LogP contribution in [0.2, 0.25) is 0 Å². The molecule has 0 unspecified atom stereocenters. The molecule has 25 heavy (non-hydrogen) atoms. The summed E-state index contributed by atoms with van der Waals surface area (Å²) in [5.74, 6) is 2.02. The highest BCUT2D eigenvalue weighted by Gasteiger charge is 2.61. The average Bonchev–Trinajstić information content (AvgIpc) is 2.84. The topological polar surface area (TPSA) is 51.2 Å². The molecule has 0 radical (unpaired) electrons. The van der Waals surface area contributed by atoms with Gasteiger partial charge in [0.1, 0.15) is 5.78 Å². The molecule has 4 heteroatoms. The molecule has 6 atom stereocenters. The van der Waals surface area contributed by atoms with Gasteiger partial charge in [-0.1, -0.05) is 31.2 Å². The van der Waals surface area contributed by atoms with Gasteiger partial charge in [-0.2, -0.15) is 0 Å². The van der Waals surface area contributed by atoms with Gasteiger partial charge in [0.2, 0.25) is 0 Å². The Bertz CT molecular complexity index is 681. The maximum Gasteiger partial charge on any atom is 0.186 e. The van der Waals surface area contributed by atoms with Crippen LogP contribution in [0.4, 0.5) is 0 Å². The van der Waals surface area contributed by atoms with Gasteiger partial charge in [-0.05, 0) is 61.3 Å². The predicted molar refractivity (Wildman–Crippen MR) is 99.2 cm³/mol. The highest BCUT2D eigenvalue weighted by molar-refractivity contribution is 8.14. The lowest BCUT2D eigenvalue weighted by atomic mass is 9.47. The van der Waals surface area contributed by atoms with Crippen LogP contribution in [0.15, 0.2) is 11.6 Å². The van der Waals surface area contributed by atoms with Gasteiger partial charge in [-0.25, -0.2) is 0 Å². The molecule has 0 amide bonds. The van der Waals surface area contributed by atoms with Crippen LogP contribution < -0.4 is 0 Å². The molecule has 0 aromatic rings. The SMILES string of the molecule is CC(=O)S[C@H]1CC2=CC(=O)CC[C@]2(C)[C@H]2CC[C@]3(C)C(=O)CC[C@H]3[C@H]12. The lowest BCUT2D eigenvalue weighted by Crippen LogP contribution is -2.54. The van der Waals surface area contributed by atoms with Crippen LogP contribution in [0, 0.1) is 28.6 Å². The third-order valence-electron chi connectivity index (χ3n) is 7.99. The molecule has 136 valence electrons. The molecule has 0 spiro atoms. The summed E-state index contributed by atoms with van der Waals surface area (Å²) in [6, 6.07) is 0. The van der Waals surface area contributed by atoms with Crippen LogP contribution in [-0.2, 0) is 14.4 Å². The second-order valence-corrected chi connectivity index (χ2v) is 10.5. The highest BCUT2D eigenvalue weighted by atomic mass is 32.2. The standard InChI is InChI=1S/C21H28O3S/c1-12(22)25-17-11-13-10-14(23)6-8-20(13,2)16-7-9-21(3)15(19(16)17)4-5-18(21)24/h10,15-17,19H,4-9,11H2,1-3H3/t15-,16-,17-,19-,20-,21-/m0/s1. The van der Waals surface area contributed by atoms with Crippen molar-refractivity contribution in [3.8, 4) is 0 Å². The summed E-state index contributed by atoms with van der Waals surface area (Å²) >= 11 is 1.46. The van der Waals surface area contributed by atoms with E-state index in [0.29, 0.717) is 36.4 Å². The Morgan fingerprint density at radius 3 is 2.52 bits per heavy atom. The summed E-state index contributed by atoms with van der Waals surface area (Å²) in [5.41, 5.74) is 1.18. The van der Waals surface area contributed by atoms with E-state index in [4.69, 9.17) is 0 Å². The molecule has 0 saturated heterocycles. The van der Waals surface area contributed by atoms with Gasteiger partial charge in [-0.3, -0.25) is 14.4 Å². The van der Waals surface area contributed by atoms with Crippen LogP contribution in [0.1, 0.15) is 65.7 Å². The first kappa shape index (κ1) is 17.5. The normalized spacial score (nSPS) is 46.1. The number of carbonyl (C=O) groups is 3. The van der Waals surface area contributed by atoms with Crippen molar-refractivity contribution in [1.29, 1.82) is 0 Å². The second-order valence-electron chi connectivity index (χ2n) is 9.11. The van der Waals surface area contributed by atoms with E-state index in [1.807, 2.05) is 6.08 Å². The average molecular weight is 361 g/mol. The Morgan fingerprint density at radius 1 is 1.08 bits per heavy atom. The molecule has 3 nitrogen and oxygen atoms in total. The van der Waals surface area contributed by atoms with Gasteiger partial charge in [0.05, 0.1) is 0 Å². The minimum absolute atomic E-state index is 0.0827. The van der Waals surface area contributed by atoms with Crippen LogP contribution in [0.25, 0.3) is 0 Å². The summed E-state index contributed by atoms with van der Waals surface area (Å²) < 4.78 is 0. The molecule has 0 aromatic carbocycles. The van der Waals surface area contributed by atoms with Gasteiger partial charge in [-0.15, -0.1) is 0 Å². The summed E-state index contributed by atoms with van der Waals surface area (Å²) in [4.78, 5) is 36.6. The Morgan fingerprint density at radius 2 is 1.80 bits per heavy atom. The number of fused-ring (bicyclic) bond motifs is 5. The minimum atomic E-state index is -0.182. The van der Waals surface area contributed by atoms with E-state index in [2.05, 4.69) is 13.8 Å². The van der Waals surface area contributed by atoms with E-state index < -0.39 is 0 Å². The van der Waals surface area contributed by atoms with E-state index in [0.717, 1.165) is 32.1 Å². The molecular weight excluding hydrogens is 332 g/mol. The van der Waals surface area contributed by atoms with Crippen molar-refractivity contribution in [2.75, 3.05) is 0 Å². The van der Waals surface area contributed by atoms with Crippen molar-refractivity contribution < 1.29 is 14.4 Å². The molecule has 0 aromatic heterocycles. The Balaban J connectivity index is 1.77. The van der Waals surface area contributed by atoms with Crippen molar-refractivity contribution in [3.63, 3.8) is 0 Å². The maximum atomic E-state index is 12.6. The van der Waals surface area contributed by atoms with Gasteiger partial charge >= 0.3 is 0 Å². The lowest BCUT2D eigenvalue weighted by molar-refractivity contribution is -0.132. The first-order valence-corrected chi connectivity index (χ1v) is 10.6. The zero-order valence-corrected chi connectivity index (χ0v) is 16.3. The second kappa shape index (κ2) is 5.80. The summed E-state index contributed by atoms with van der Waals surface area (Å²) in [7, 11) is 0. The highest BCUT2D eigenvalue weighted by Crippen LogP contribution is 2.65. The number of ketones is 2. The Hall–Kier alpha value is -0.900. The van der Waals surface area contributed by atoms with Crippen LogP contribution >= 0.6 is 11.8 Å². The maximum absolute atomic E-state index is 12.6. The van der Waals surface area contributed by atoms with Crippen LogP contribution in [0.5, 0.6) is 0 Å². The van der Waals surface area contributed by atoms with Gasteiger partial charge in [0.25, 0.3) is 0 Å². The molecule has 0 bridgehead atoms. The van der Waals surface area contributed by atoms with E-state index in [1.165, 1.54) is 17.3 Å². The van der Waals surface area contributed by atoms with Crippen LogP contribution in [0.3, 0.4) is 0 Å². The van der Waals surface area contributed by atoms with Gasteiger partial charge in [0.15, 0.2) is 10.9 Å². The van der Waals surface area contributed by atoms with E-state index in [9.17, 15) is 14.4 Å². The largest absolute Gasteiger partial charge is 0.299 e. The number of allylic oxidation sites excluding steroid dienone is 1. The fraction of sp³-hybridized carbons (Fsp3) is 0.762. The van der Waals surface area contributed by atoms with Crippen molar-refractivity contribution in [2.24, 2.45) is 28.6 Å². The van der Waals surface area contributed by atoms with E-state index >= 15 is 0 Å². The first-order chi connectivity index (χ1) is 11.8. The zero-order chi connectivity index (χ0) is 18.0. The van der Waals surface area contributed by atoms with Gasteiger partial charge in [0, 0.05) is 30.4 Å². The van der Waals surface area contributed by atoms with Gasteiger partial charge < -0.3 is 0 Å². The Kier molecular flexibility index (Phi) is 4.06. The van der Waals surface area contributed by atoms with Crippen molar-refractivity contribution in [3.05, 3.63) is 11.6 Å². The number of rotatable bonds is 1. The molecule has 0 N–H and O–H groups in total. The molecule has 4 rings (SSSR count). The summed E-state index contributed by atoms with van der Waals surface area (Å²) in [6.07, 6.45) is 8.04. The molecule has 3 fully saturated rings. The summed E-state index contributed by atoms with van der Waals surface area (Å²) in [6.45, 7) is 6.17. The summed E-state index contributed by atoms with van der Waals surface area (Å²) in [5, 5.41) is 0.384. The molecule has 0 aliphatic heterocycles. The fourth-order valence-corrected chi connectivity index (χ4v) is 7.83. The smallest absolute Gasteiger partial charge is 0.186 e. The van der Waals surface area contributed by atoms with Crippen LogP contribution in [-0.4, -0.2) is 21.9 Å². The lowest BCUT2D eigenvalue weighted by Gasteiger charge is -2.59. The quantitative estimate of drug-likeness (QED) is 0.698. The minimum Gasteiger partial charge on any atom is -0.299 e. The third kappa shape index (κ3) is 2.50. The molecule has 4 aliphatic carbocycles. The number of hydrogen-bond donors (Lipinski definition) is 0. The zero-order valence-electron chi connectivity index (χ0n) is 15.5. The Labute approximate surface area is 154 Å². The molecule has 4 aliphatic rings.